The van der Waals surface area contributed by atoms with Crippen molar-refractivity contribution in [2.45, 2.75) is 199 Å². The summed E-state index contributed by atoms with van der Waals surface area (Å²) in [4.78, 5) is 8.36. The van der Waals surface area contributed by atoms with E-state index < -0.39 is 0 Å². The lowest BCUT2D eigenvalue weighted by Crippen LogP contribution is -2.61. The maximum atomic E-state index is 2.85. The van der Waals surface area contributed by atoms with Crippen LogP contribution in [0.25, 0.3) is 10.1 Å². The molecule has 384 valence electrons. The van der Waals surface area contributed by atoms with Crippen molar-refractivity contribution in [1.29, 1.82) is 0 Å². The zero-order valence-corrected chi connectivity index (χ0v) is 48.6. The van der Waals surface area contributed by atoms with Gasteiger partial charge in [0.15, 0.2) is 0 Å². The Hall–Kier alpha value is -5.26. The quantitative estimate of drug-likeness (QED) is 0.163. The van der Waals surface area contributed by atoms with E-state index in [1.807, 2.05) is 0 Å². The highest BCUT2D eigenvalue weighted by Gasteiger charge is 2.58. The molecule has 0 radical (unpaired) electrons. The first-order chi connectivity index (χ1) is 35.4. The highest BCUT2D eigenvalue weighted by atomic mass is 32.1. The van der Waals surface area contributed by atoms with Gasteiger partial charge in [-0.2, -0.15) is 0 Å². The predicted molar refractivity (Wildman–Crippen MR) is 324 cm³/mol. The summed E-state index contributed by atoms with van der Waals surface area (Å²) < 4.78 is 2.93. The number of benzene rings is 6. The van der Waals surface area contributed by atoms with Gasteiger partial charge in [0.25, 0.3) is 6.71 Å². The Morgan fingerprint density at radius 3 is 1.95 bits per heavy atom. The predicted octanol–water partition coefficient (Wildman–Crippen LogP) is 17.8. The second kappa shape index (κ2) is 15.5. The summed E-state index contributed by atoms with van der Waals surface area (Å²) in [6, 6.07) is 45.2. The Labute approximate surface area is 454 Å². The van der Waals surface area contributed by atoms with Crippen molar-refractivity contribution in [2.75, 3.05) is 14.7 Å². The van der Waals surface area contributed by atoms with Crippen molar-refractivity contribution in [3.63, 3.8) is 0 Å². The van der Waals surface area contributed by atoms with Crippen LogP contribution in [-0.2, 0) is 32.5 Å². The molecule has 4 aliphatic carbocycles. The Morgan fingerprint density at radius 2 is 1.21 bits per heavy atom. The van der Waals surface area contributed by atoms with Crippen molar-refractivity contribution in [3.05, 3.63) is 148 Å². The normalized spacial score (nSPS) is 26.6. The maximum absolute atomic E-state index is 2.85. The summed E-state index contributed by atoms with van der Waals surface area (Å²) in [6.07, 6.45) is 11.2. The molecule has 0 spiro atoms. The minimum Gasteiger partial charge on any atom is -0.334 e. The lowest BCUT2D eigenvalue weighted by molar-refractivity contribution is 0.195. The molecule has 2 saturated carbocycles. The summed E-state index contributed by atoms with van der Waals surface area (Å²) in [5, 5.41) is 1.44. The number of thiophene rings is 1. The summed E-state index contributed by atoms with van der Waals surface area (Å²) in [5.74, 6) is 1.29. The van der Waals surface area contributed by atoms with Crippen LogP contribution >= 0.6 is 11.3 Å². The number of hydrogen-bond acceptors (Lipinski definition) is 4. The fraction of sp³-hybridized carbons (Fsp3) is 0.457. The molecule has 4 heterocycles. The van der Waals surface area contributed by atoms with Crippen molar-refractivity contribution < 1.29 is 0 Å². The van der Waals surface area contributed by atoms with E-state index in [2.05, 4.69) is 232 Å². The van der Waals surface area contributed by atoms with Crippen LogP contribution in [0.2, 0.25) is 0 Å². The minimum absolute atomic E-state index is 0.0228. The van der Waals surface area contributed by atoms with Gasteiger partial charge in [0.2, 0.25) is 0 Å². The monoisotopic (exact) mass is 1010 g/mol. The molecule has 5 unspecified atom stereocenters. The van der Waals surface area contributed by atoms with E-state index in [4.69, 9.17) is 0 Å². The smallest absolute Gasteiger partial charge is 0.264 e. The van der Waals surface area contributed by atoms with Gasteiger partial charge in [-0.25, -0.2) is 0 Å². The second-order valence-corrected chi connectivity index (χ2v) is 30.0. The molecule has 7 aromatic rings. The molecule has 0 N–H and O–H groups in total. The van der Waals surface area contributed by atoms with E-state index in [9.17, 15) is 0 Å². The fourth-order valence-corrected chi connectivity index (χ4v) is 18.4. The zero-order valence-electron chi connectivity index (χ0n) is 47.7. The zero-order chi connectivity index (χ0) is 52.3. The lowest BCUT2D eigenvalue weighted by atomic mass is 9.36. The molecule has 0 saturated heterocycles. The molecule has 1 aromatic heterocycles. The average Bonchev–Trinajstić information content (AvgIpc) is 4.13. The van der Waals surface area contributed by atoms with E-state index >= 15 is 0 Å². The molecule has 14 rings (SSSR count). The number of para-hydroxylation sites is 1. The summed E-state index contributed by atoms with van der Waals surface area (Å²) in [5.41, 5.74) is 24.3. The SMILES string of the molecule is CC1c2cc3sc4c(c3cc2C2(C)CCCC12)N(c1ccc2c(c1)C(C)(C)CCC2(C)C)c1cc(N2c3ccccc3C3(C)CCCCC23C)cc2c1B4c1cc(C(C)(C)C)ccc1N2c1ccc(C(C)(C)C)cc1. The molecule has 0 amide bonds. The van der Waals surface area contributed by atoms with Crippen LogP contribution < -0.4 is 30.4 Å². The van der Waals surface area contributed by atoms with E-state index in [1.165, 1.54) is 150 Å². The number of rotatable bonds is 3. The maximum Gasteiger partial charge on any atom is 0.264 e. The fourth-order valence-electron chi connectivity index (χ4n) is 17.0. The van der Waals surface area contributed by atoms with Crippen molar-refractivity contribution >= 4 is 89.3 Å². The van der Waals surface area contributed by atoms with Gasteiger partial charge < -0.3 is 14.7 Å². The Kier molecular flexibility index (Phi) is 9.94. The molecule has 0 bridgehead atoms. The number of anilines is 8. The van der Waals surface area contributed by atoms with Crippen LogP contribution in [0, 0.1) is 5.92 Å². The van der Waals surface area contributed by atoms with Gasteiger partial charge in [-0.05, 0) is 195 Å². The van der Waals surface area contributed by atoms with Crippen molar-refractivity contribution in [1.82, 2.24) is 0 Å². The summed E-state index contributed by atoms with van der Waals surface area (Å²) in [6.45, 7) is 34.6. The molecule has 6 aromatic carbocycles. The largest absolute Gasteiger partial charge is 0.334 e. The van der Waals surface area contributed by atoms with Crippen LogP contribution in [0.5, 0.6) is 0 Å². The first-order valence-corrected chi connectivity index (χ1v) is 30.0. The van der Waals surface area contributed by atoms with Crippen LogP contribution in [0.15, 0.2) is 109 Å². The van der Waals surface area contributed by atoms with Gasteiger partial charge in [-0.15, -0.1) is 11.3 Å². The van der Waals surface area contributed by atoms with E-state index in [1.54, 1.807) is 11.1 Å². The molecular weight excluding hydrogens is 926 g/mol. The summed E-state index contributed by atoms with van der Waals surface area (Å²) in [7, 11) is 0. The number of hydrogen-bond donors (Lipinski definition) is 0. The Morgan fingerprint density at radius 1 is 0.547 bits per heavy atom. The molecule has 3 aliphatic heterocycles. The molecule has 3 nitrogen and oxygen atoms in total. The summed E-state index contributed by atoms with van der Waals surface area (Å²) >= 11 is 2.10. The van der Waals surface area contributed by atoms with Crippen LogP contribution in [0.3, 0.4) is 0 Å². The standard InChI is InChI=1S/C70H80BN3S/c1-42-48-41-60-49(40-53(48)68(12)31-19-21-50(42)68)62-63(75-60)71-55-36-44(65(5,6)7)25-30-57(55)72(45-26-23-43(24-27-45)64(2,3)4)58-38-47(74-56-22-16-15-20-52(56)69(13)32-17-18-33-70(69,74)14)39-59(61(58)71)73(62)46-28-29-51-54(37-46)67(10,11)35-34-66(51,8)9/h15-16,20,22-30,36-42,50H,17-19,21,31-35H2,1-14H3. The molecule has 5 atom stereocenters. The van der Waals surface area contributed by atoms with Gasteiger partial charge in [-0.1, -0.05) is 158 Å². The molecule has 75 heavy (non-hydrogen) atoms. The van der Waals surface area contributed by atoms with Crippen LogP contribution in [0.4, 0.5) is 45.5 Å². The number of fused-ring (bicyclic) bond motifs is 13. The Balaban J connectivity index is 1.13. The third-order valence-corrected chi connectivity index (χ3v) is 23.0. The first kappa shape index (κ1) is 48.1. The molecule has 5 heteroatoms. The van der Waals surface area contributed by atoms with Crippen LogP contribution in [0.1, 0.15) is 200 Å². The van der Waals surface area contributed by atoms with Gasteiger partial charge in [-0.3, -0.25) is 0 Å². The number of nitrogens with zero attached hydrogens (tertiary/aromatic N) is 3. The molecule has 2 fully saturated rings. The topological polar surface area (TPSA) is 9.72 Å². The van der Waals surface area contributed by atoms with Crippen molar-refractivity contribution in [2.24, 2.45) is 5.92 Å². The molecule has 7 aliphatic rings. The third-order valence-electron chi connectivity index (χ3n) is 21.8. The Bertz CT molecular complexity index is 3560. The molecular formula is C70H80BN3S. The van der Waals surface area contributed by atoms with E-state index in [-0.39, 0.29) is 44.7 Å². The van der Waals surface area contributed by atoms with Crippen LogP contribution in [-0.4, -0.2) is 12.3 Å². The lowest BCUT2D eigenvalue weighted by Gasteiger charge is -2.51. The average molecular weight is 1010 g/mol. The first-order valence-electron chi connectivity index (χ1n) is 29.1. The second-order valence-electron chi connectivity index (χ2n) is 28.9. The highest BCUT2D eigenvalue weighted by molar-refractivity contribution is 7.33. The highest BCUT2D eigenvalue weighted by Crippen LogP contribution is 2.64. The third kappa shape index (κ3) is 6.46. The van der Waals surface area contributed by atoms with Gasteiger partial charge in [0, 0.05) is 60.1 Å². The minimum atomic E-state index is -0.103. The van der Waals surface area contributed by atoms with E-state index in [0.717, 1.165) is 6.42 Å². The van der Waals surface area contributed by atoms with Gasteiger partial charge in [0.1, 0.15) is 0 Å². The van der Waals surface area contributed by atoms with Gasteiger partial charge >= 0.3 is 0 Å². The van der Waals surface area contributed by atoms with Gasteiger partial charge in [0.05, 0.1) is 11.2 Å². The van der Waals surface area contributed by atoms with Crippen molar-refractivity contribution in [3.8, 4) is 0 Å². The van der Waals surface area contributed by atoms with E-state index in [0.29, 0.717) is 11.8 Å².